The highest BCUT2D eigenvalue weighted by Crippen LogP contribution is 2.28. The SMILES string of the molecule is CCCn1c(-c2ccc(O)cc2F)nc2cnccc21. The summed E-state index contributed by atoms with van der Waals surface area (Å²) in [4.78, 5) is 8.52. The topological polar surface area (TPSA) is 50.9 Å². The number of fused-ring (bicyclic) bond motifs is 1. The van der Waals surface area contributed by atoms with E-state index in [9.17, 15) is 9.50 Å². The Morgan fingerprint density at radius 2 is 2.15 bits per heavy atom. The summed E-state index contributed by atoms with van der Waals surface area (Å²) in [7, 11) is 0. The quantitative estimate of drug-likeness (QED) is 0.794. The van der Waals surface area contributed by atoms with Gasteiger partial charge in [0.25, 0.3) is 0 Å². The molecule has 0 aliphatic rings. The van der Waals surface area contributed by atoms with Crippen LogP contribution in [0.4, 0.5) is 4.39 Å². The van der Waals surface area contributed by atoms with Gasteiger partial charge in [0.05, 0.1) is 17.3 Å². The van der Waals surface area contributed by atoms with Crippen molar-refractivity contribution in [3.63, 3.8) is 0 Å². The number of halogens is 1. The smallest absolute Gasteiger partial charge is 0.144 e. The van der Waals surface area contributed by atoms with Crippen molar-refractivity contribution in [2.75, 3.05) is 0 Å². The van der Waals surface area contributed by atoms with E-state index < -0.39 is 5.82 Å². The summed E-state index contributed by atoms with van der Waals surface area (Å²) in [6, 6.07) is 5.99. The van der Waals surface area contributed by atoms with Gasteiger partial charge in [0.1, 0.15) is 22.9 Å². The Morgan fingerprint density at radius 3 is 2.90 bits per heavy atom. The van der Waals surface area contributed by atoms with Gasteiger partial charge in [-0.3, -0.25) is 4.98 Å². The molecule has 0 radical (unpaired) electrons. The maximum atomic E-state index is 14.1. The first kappa shape index (κ1) is 12.6. The number of aryl methyl sites for hydroxylation is 1. The molecule has 0 fully saturated rings. The van der Waals surface area contributed by atoms with E-state index >= 15 is 0 Å². The van der Waals surface area contributed by atoms with Crippen LogP contribution in [0.25, 0.3) is 22.4 Å². The van der Waals surface area contributed by atoms with Crippen LogP contribution in [0, 0.1) is 5.82 Å². The van der Waals surface area contributed by atoms with Crippen LogP contribution in [-0.2, 0) is 6.54 Å². The molecule has 0 saturated carbocycles. The Balaban J connectivity index is 2.26. The maximum absolute atomic E-state index is 14.1. The van der Waals surface area contributed by atoms with Crippen LogP contribution >= 0.6 is 0 Å². The molecule has 3 aromatic rings. The van der Waals surface area contributed by atoms with Gasteiger partial charge >= 0.3 is 0 Å². The summed E-state index contributed by atoms with van der Waals surface area (Å²) in [5.41, 5.74) is 2.06. The number of pyridine rings is 1. The van der Waals surface area contributed by atoms with Gasteiger partial charge < -0.3 is 9.67 Å². The highest BCUT2D eigenvalue weighted by atomic mass is 19.1. The number of phenolic OH excluding ortho intramolecular Hbond substituents is 1. The molecule has 0 bridgehead atoms. The highest BCUT2D eigenvalue weighted by molar-refractivity contribution is 5.79. The molecule has 0 atom stereocenters. The van der Waals surface area contributed by atoms with Crippen LogP contribution in [0.2, 0.25) is 0 Å². The second-order valence-electron chi connectivity index (χ2n) is 4.62. The van der Waals surface area contributed by atoms with Crippen molar-refractivity contribution >= 4 is 11.0 Å². The largest absolute Gasteiger partial charge is 0.508 e. The molecule has 102 valence electrons. The number of imidazole rings is 1. The van der Waals surface area contributed by atoms with Gasteiger partial charge in [-0.1, -0.05) is 6.92 Å². The normalized spacial score (nSPS) is 11.1. The standard InChI is InChI=1S/C15H14FN3O/c1-2-7-19-14-5-6-17-9-13(14)18-15(19)11-4-3-10(20)8-12(11)16/h3-6,8-9,20H,2,7H2,1H3. The van der Waals surface area contributed by atoms with E-state index in [2.05, 4.69) is 16.9 Å². The van der Waals surface area contributed by atoms with Crippen molar-refractivity contribution in [2.45, 2.75) is 19.9 Å². The fourth-order valence-electron chi connectivity index (χ4n) is 2.32. The monoisotopic (exact) mass is 271 g/mol. The first-order valence-corrected chi connectivity index (χ1v) is 6.50. The minimum atomic E-state index is -0.481. The highest BCUT2D eigenvalue weighted by Gasteiger charge is 2.15. The van der Waals surface area contributed by atoms with Crippen LogP contribution in [0.5, 0.6) is 5.75 Å². The molecule has 0 unspecified atom stereocenters. The lowest BCUT2D eigenvalue weighted by atomic mass is 10.2. The zero-order valence-electron chi connectivity index (χ0n) is 11.0. The average Bonchev–Trinajstić information content (AvgIpc) is 2.78. The van der Waals surface area contributed by atoms with Crippen LogP contribution in [0.15, 0.2) is 36.7 Å². The summed E-state index contributed by atoms with van der Waals surface area (Å²) in [5, 5.41) is 9.32. The van der Waals surface area contributed by atoms with Gasteiger partial charge in [-0.2, -0.15) is 0 Å². The first-order valence-electron chi connectivity index (χ1n) is 6.50. The van der Waals surface area contributed by atoms with E-state index in [1.54, 1.807) is 18.5 Å². The van der Waals surface area contributed by atoms with Gasteiger partial charge in [-0.25, -0.2) is 9.37 Å². The molecule has 0 spiro atoms. The van der Waals surface area contributed by atoms with E-state index in [0.29, 0.717) is 11.4 Å². The molecule has 2 aromatic heterocycles. The summed E-state index contributed by atoms with van der Waals surface area (Å²) < 4.78 is 16.0. The number of rotatable bonds is 3. The Morgan fingerprint density at radius 1 is 1.30 bits per heavy atom. The van der Waals surface area contributed by atoms with E-state index in [1.165, 1.54) is 6.07 Å². The van der Waals surface area contributed by atoms with Crippen molar-refractivity contribution in [1.82, 2.24) is 14.5 Å². The van der Waals surface area contributed by atoms with Gasteiger partial charge in [0.15, 0.2) is 0 Å². The van der Waals surface area contributed by atoms with Gasteiger partial charge in [0, 0.05) is 18.8 Å². The fraction of sp³-hybridized carbons (Fsp3) is 0.200. The Hall–Kier alpha value is -2.43. The fourth-order valence-corrected chi connectivity index (χ4v) is 2.32. The molecule has 2 heterocycles. The van der Waals surface area contributed by atoms with Crippen molar-refractivity contribution in [3.05, 3.63) is 42.5 Å². The number of phenols is 1. The zero-order chi connectivity index (χ0) is 14.1. The Kier molecular flexibility index (Phi) is 3.10. The summed E-state index contributed by atoms with van der Waals surface area (Å²) >= 11 is 0. The zero-order valence-corrected chi connectivity index (χ0v) is 11.0. The van der Waals surface area contributed by atoms with E-state index in [1.807, 2.05) is 10.6 Å². The van der Waals surface area contributed by atoms with Crippen LogP contribution in [0.3, 0.4) is 0 Å². The second-order valence-corrected chi connectivity index (χ2v) is 4.62. The molecule has 0 saturated heterocycles. The molecule has 0 amide bonds. The molecule has 0 aliphatic carbocycles. The number of nitrogens with zero attached hydrogens (tertiary/aromatic N) is 3. The van der Waals surface area contributed by atoms with Crippen molar-refractivity contribution < 1.29 is 9.50 Å². The first-order chi connectivity index (χ1) is 9.70. The average molecular weight is 271 g/mol. The lowest BCUT2D eigenvalue weighted by Crippen LogP contribution is -2.01. The second kappa shape index (κ2) is 4.92. The van der Waals surface area contributed by atoms with Crippen molar-refractivity contribution in [3.8, 4) is 17.1 Å². The molecule has 1 N–H and O–H groups in total. The summed E-state index contributed by atoms with van der Waals surface area (Å²) in [6.45, 7) is 2.81. The molecular formula is C15H14FN3O. The lowest BCUT2D eigenvalue weighted by Gasteiger charge is -2.08. The molecule has 0 aliphatic heterocycles. The molecule has 20 heavy (non-hydrogen) atoms. The van der Waals surface area contributed by atoms with Crippen LogP contribution in [-0.4, -0.2) is 19.6 Å². The van der Waals surface area contributed by atoms with E-state index in [0.717, 1.165) is 30.1 Å². The summed E-state index contributed by atoms with van der Waals surface area (Å²) in [6.07, 6.45) is 4.29. The Labute approximate surface area is 115 Å². The van der Waals surface area contributed by atoms with Crippen molar-refractivity contribution in [2.24, 2.45) is 0 Å². The number of benzene rings is 1. The summed E-state index contributed by atoms with van der Waals surface area (Å²) in [5.74, 6) is -0.0102. The van der Waals surface area contributed by atoms with Gasteiger partial charge in [0.2, 0.25) is 0 Å². The van der Waals surface area contributed by atoms with Crippen molar-refractivity contribution in [1.29, 1.82) is 0 Å². The number of hydrogen-bond donors (Lipinski definition) is 1. The maximum Gasteiger partial charge on any atom is 0.144 e. The third-order valence-electron chi connectivity index (χ3n) is 3.19. The van der Waals surface area contributed by atoms with Gasteiger partial charge in [-0.15, -0.1) is 0 Å². The minimum Gasteiger partial charge on any atom is -0.508 e. The molecular weight excluding hydrogens is 257 g/mol. The molecule has 5 heteroatoms. The van der Waals surface area contributed by atoms with Gasteiger partial charge in [-0.05, 0) is 24.6 Å². The number of aromatic nitrogens is 3. The minimum absolute atomic E-state index is 0.0916. The van der Waals surface area contributed by atoms with E-state index in [4.69, 9.17) is 0 Å². The number of hydrogen-bond acceptors (Lipinski definition) is 3. The van der Waals surface area contributed by atoms with Crippen LogP contribution < -0.4 is 0 Å². The third kappa shape index (κ3) is 2.01. The predicted molar refractivity (Wildman–Crippen MR) is 74.9 cm³/mol. The predicted octanol–water partition coefficient (Wildman–Crippen LogP) is 3.35. The van der Waals surface area contributed by atoms with Crippen LogP contribution in [0.1, 0.15) is 13.3 Å². The molecule has 4 nitrogen and oxygen atoms in total. The third-order valence-corrected chi connectivity index (χ3v) is 3.19. The number of aromatic hydroxyl groups is 1. The Bertz CT molecular complexity index is 767. The van der Waals surface area contributed by atoms with E-state index in [-0.39, 0.29) is 5.75 Å². The lowest BCUT2D eigenvalue weighted by molar-refractivity contribution is 0.469. The molecule has 3 rings (SSSR count). The molecule has 1 aromatic carbocycles.